The van der Waals surface area contributed by atoms with E-state index < -0.39 is 16.1 Å². The Morgan fingerprint density at radius 2 is 1.94 bits per heavy atom. The summed E-state index contributed by atoms with van der Waals surface area (Å²) in [5.74, 6) is -0.125. The summed E-state index contributed by atoms with van der Waals surface area (Å²) in [5.41, 5.74) is 0.725. The molecule has 0 aliphatic rings. The minimum atomic E-state index is -3.43. The fraction of sp³-hybridized carbons (Fsp3) is 0.400. The van der Waals surface area contributed by atoms with Gasteiger partial charge >= 0.3 is 0 Å². The van der Waals surface area contributed by atoms with Gasteiger partial charge in [-0.1, -0.05) is 30.3 Å². The van der Waals surface area contributed by atoms with E-state index in [-0.39, 0.29) is 18.2 Å². The first kappa shape index (κ1) is 13.4. The van der Waals surface area contributed by atoms with Gasteiger partial charge in [0.25, 0.3) is 0 Å². The highest BCUT2D eigenvalue weighted by molar-refractivity contribution is 7.89. The molecule has 0 heterocycles. The molecule has 1 atom stereocenters. The largest absolute Gasteiger partial charge is 0.394 e. The van der Waals surface area contributed by atoms with Crippen molar-refractivity contribution in [2.24, 2.45) is 0 Å². The molecule has 90 valence electrons. The van der Waals surface area contributed by atoms with E-state index in [2.05, 4.69) is 4.72 Å². The molecule has 0 amide bonds. The summed E-state index contributed by atoms with van der Waals surface area (Å²) in [6, 6.07) is 8.29. The van der Waals surface area contributed by atoms with E-state index in [9.17, 15) is 8.42 Å². The fourth-order valence-electron chi connectivity index (χ4n) is 1.27. The second-order valence-corrected chi connectivity index (χ2v) is 5.52. The summed E-state index contributed by atoms with van der Waals surface area (Å²) in [6.07, 6.45) is 0. The van der Waals surface area contributed by atoms with Gasteiger partial charge in [0.15, 0.2) is 0 Å². The van der Waals surface area contributed by atoms with Crippen LogP contribution in [0.15, 0.2) is 30.3 Å². The zero-order valence-corrected chi connectivity index (χ0v) is 10.2. The lowest BCUT2D eigenvalue weighted by atomic mass is 10.1. The van der Waals surface area contributed by atoms with Gasteiger partial charge in [-0.15, -0.1) is 11.6 Å². The molecule has 2 N–H and O–H groups in total. The van der Waals surface area contributed by atoms with E-state index in [1.54, 1.807) is 24.3 Å². The van der Waals surface area contributed by atoms with Crippen LogP contribution in [-0.2, 0) is 10.0 Å². The van der Waals surface area contributed by atoms with Crippen LogP contribution in [0.5, 0.6) is 0 Å². The average Bonchev–Trinajstić information content (AvgIpc) is 2.27. The summed E-state index contributed by atoms with van der Waals surface area (Å²) in [5, 5.41) is 9.15. The number of hydrogen-bond acceptors (Lipinski definition) is 3. The smallest absolute Gasteiger partial charge is 0.213 e. The summed E-state index contributed by atoms with van der Waals surface area (Å²) < 4.78 is 25.3. The Kier molecular flexibility index (Phi) is 5.21. The molecule has 1 aromatic carbocycles. The predicted octanol–water partition coefficient (Wildman–Crippen LogP) is 0.878. The van der Waals surface area contributed by atoms with Crippen LogP contribution in [0.25, 0.3) is 0 Å². The van der Waals surface area contributed by atoms with Crippen molar-refractivity contribution in [3.05, 3.63) is 35.9 Å². The highest BCUT2D eigenvalue weighted by Gasteiger charge is 2.17. The van der Waals surface area contributed by atoms with Crippen LogP contribution in [0.1, 0.15) is 11.6 Å². The van der Waals surface area contributed by atoms with Crippen molar-refractivity contribution in [1.29, 1.82) is 0 Å². The van der Waals surface area contributed by atoms with Gasteiger partial charge in [-0.25, -0.2) is 13.1 Å². The number of aliphatic hydroxyl groups is 1. The molecule has 0 saturated heterocycles. The number of nitrogens with one attached hydrogen (secondary N) is 1. The van der Waals surface area contributed by atoms with Gasteiger partial charge in [-0.3, -0.25) is 0 Å². The van der Waals surface area contributed by atoms with Crippen molar-refractivity contribution in [2.45, 2.75) is 6.04 Å². The van der Waals surface area contributed by atoms with Crippen molar-refractivity contribution >= 4 is 21.6 Å². The van der Waals surface area contributed by atoms with E-state index in [0.717, 1.165) is 5.56 Å². The number of rotatable bonds is 6. The van der Waals surface area contributed by atoms with E-state index in [4.69, 9.17) is 16.7 Å². The van der Waals surface area contributed by atoms with Crippen LogP contribution >= 0.6 is 11.6 Å². The van der Waals surface area contributed by atoms with Gasteiger partial charge in [0.2, 0.25) is 10.0 Å². The molecule has 6 heteroatoms. The third-order valence-corrected chi connectivity index (χ3v) is 3.85. The number of sulfonamides is 1. The number of hydrogen-bond donors (Lipinski definition) is 2. The second-order valence-electron chi connectivity index (χ2n) is 3.27. The minimum absolute atomic E-state index is 0.0300. The highest BCUT2D eigenvalue weighted by Crippen LogP contribution is 2.12. The normalized spacial score (nSPS) is 13.6. The molecule has 0 fully saturated rings. The van der Waals surface area contributed by atoms with Gasteiger partial charge < -0.3 is 5.11 Å². The molecular formula is C10H14ClNO3S. The topological polar surface area (TPSA) is 66.4 Å². The molecule has 0 saturated carbocycles. The Labute approximate surface area is 100 Å². The molecule has 16 heavy (non-hydrogen) atoms. The zero-order chi connectivity index (χ0) is 12.0. The van der Waals surface area contributed by atoms with Crippen molar-refractivity contribution in [3.63, 3.8) is 0 Å². The molecule has 0 bridgehead atoms. The van der Waals surface area contributed by atoms with Crippen molar-refractivity contribution in [2.75, 3.05) is 18.2 Å². The summed E-state index contributed by atoms with van der Waals surface area (Å²) in [7, 11) is -3.43. The standard InChI is InChI=1S/C10H14ClNO3S/c11-6-7-16(14,15)12-10(8-13)9-4-2-1-3-5-9/h1-5,10,12-13H,6-8H2. The van der Waals surface area contributed by atoms with E-state index in [0.29, 0.717) is 0 Å². The molecule has 0 aromatic heterocycles. The molecule has 1 aromatic rings. The molecule has 0 aliphatic carbocycles. The van der Waals surface area contributed by atoms with E-state index >= 15 is 0 Å². The summed E-state index contributed by atoms with van der Waals surface area (Å²) in [4.78, 5) is 0. The fourth-order valence-corrected chi connectivity index (χ4v) is 2.85. The van der Waals surface area contributed by atoms with Crippen LogP contribution in [0.3, 0.4) is 0 Å². The van der Waals surface area contributed by atoms with Crippen LogP contribution in [-0.4, -0.2) is 31.8 Å². The van der Waals surface area contributed by atoms with Crippen molar-refractivity contribution < 1.29 is 13.5 Å². The van der Waals surface area contributed by atoms with Crippen molar-refractivity contribution in [3.8, 4) is 0 Å². The second kappa shape index (κ2) is 6.20. The average molecular weight is 264 g/mol. The summed E-state index contributed by atoms with van der Waals surface area (Å²) >= 11 is 5.38. The van der Waals surface area contributed by atoms with Gasteiger partial charge in [0.1, 0.15) is 0 Å². The number of aliphatic hydroxyl groups excluding tert-OH is 1. The first-order valence-corrected chi connectivity index (χ1v) is 6.99. The van der Waals surface area contributed by atoms with Crippen molar-refractivity contribution in [1.82, 2.24) is 4.72 Å². The van der Waals surface area contributed by atoms with Crippen LogP contribution in [0.2, 0.25) is 0 Å². The molecule has 1 rings (SSSR count). The first-order valence-electron chi connectivity index (χ1n) is 4.81. The van der Waals surface area contributed by atoms with Crippen LogP contribution < -0.4 is 4.72 Å². The van der Waals surface area contributed by atoms with Crippen LogP contribution in [0.4, 0.5) is 0 Å². The Bertz CT molecular complexity index is 407. The molecule has 0 spiro atoms. The third kappa shape index (κ3) is 4.09. The molecule has 0 radical (unpaired) electrons. The monoisotopic (exact) mass is 263 g/mol. The van der Waals surface area contributed by atoms with Gasteiger partial charge in [-0.2, -0.15) is 0 Å². The van der Waals surface area contributed by atoms with E-state index in [1.165, 1.54) is 0 Å². The number of alkyl halides is 1. The van der Waals surface area contributed by atoms with Gasteiger partial charge in [0.05, 0.1) is 18.4 Å². The Balaban J connectivity index is 2.78. The SMILES string of the molecule is O=S(=O)(CCCl)NC(CO)c1ccccc1. The van der Waals surface area contributed by atoms with E-state index in [1.807, 2.05) is 6.07 Å². The Morgan fingerprint density at radius 3 is 2.44 bits per heavy atom. The van der Waals surface area contributed by atoms with Gasteiger partial charge in [-0.05, 0) is 5.56 Å². The van der Waals surface area contributed by atoms with Gasteiger partial charge in [0, 0.05) is 5.88 Å². The predicted molar refractivity (Wildman–Crippen MR) is 63.9 cm³/mol. The molecule has 0 aliphatic heterocycles. The lowest BCUT2D eigenvalue weighted by molar-refractivity contribution is 0.259. The zero-order valence-electron chi connectivity index (χ0n) is 8.64. The Hall–Kier alpha value is -0.620. The quantitative estimate of drug-likeness (QED) is 0.749. The minimum Gasteiger partial charge on any atom is -0.394 e. The number of benzene rings is 1. The lowest BCUT2D eigenvalue weighted by Gasteiger charge is -2.16. The maximum Gasteiger partial charge on any atom is 0.213 e. The molecular weight excluding hydrogens is 250 g/mol. The highest BCUT2D eigenvalue weighted by atomic mass is 35.5. The number of halogens is 1. The van der Waals surface area contributed by atoms with Crippen LogP contribution in [0, 0.1) is 0 Å². The first-order chi connectivity index (χ1) is 7.59. The lowest BCUT2D eigenvalue weighted by Crippen LogP contribution is -2.33. The maximum absolute atomic E-state index is 11.5. The molecule has 4 nitrogen and oxygen atoms in total. The maximum atomic E-state index is 11.5. The Morgan fingerprint density at radius 1 is 1.31 bits per heavy atom. The summed E-state index contributed by atoms with van der Waals surface area (Å²) in [6.45, 7) is -0.286. The third-order valence-electron chi connectivity index (χ3n) is 2.05. The molecule has 1 unspecified atom stereocenters.